The molecule has 0 saturated heterocycles. The van der Waals surface area contributed by atoms with Crippen LogP contribution in [-0.4, -0.2) is 18.7 Å². The van der Waals surface area contributed by atoms with Crippen molar-refractivity contribution in [2.45, 2.75) is 70.9 Å². The van der Waals surface area contributed by atoms with E-state index in [1.54, 1.807) is 0 Å². The van der Waals surface area contributed by atoms with Crippen LogP contribution in [0.2, 0.25) is 0 Å². The van der Waals surface area contributed by atoms with Gasteiger partial charge in [0.1, 0.15) is 5.75 Å². The molecule has 0 radical (unpaired) electrons. The average Bonchev–Trinajstić information content (AvgIpc) is 2.44. The summed E-state index contributed by atoms with van der Waals surface area (Å²) in [5.41, 5.74) is 1.41. The molecule has 2 unspecified atom stereocenters. The molecule has 0 amide bonds. The molecule has 0 fully saturated rings. The first-order valence-electron chi connectivity index (χ1n) is 8.18. The lowest BCUT2D eigenvalue weighted by Gasteiger charge is -2.30. The molecule has 1 N–H and O–H groups in total. The van der Waals surface area contributed by atoms with Gasteiger partial charge in [-0.1, -0.05) is 51.8 Å². The second-order valence-corrected chi connectivity index (χ2v) is 6.27. The van der Waals surface area contributed by atoms with Crippen LogP contribution in [0.5, 0.6) is 5.75 Å². The highest BCUT2D eigenvalue weighted by Gasteiger charge is 2.24. The minimum absolute atomic E-state index is 0.562. The summed E-state index contributed by atoms with van der Waals surface area (Å²) in [5, 5.41) is 3.75. The van der Waals surface area contributed by atoms with E-state index in [1.165, 1.54) is 31.2 Å². The molecule has 2 rings (SSSR count). The zero-order valence-electron chi connectivity index (χ0n) is 13.2. The Bertz CT molecular complexity index is 402. The average molecular weight is 275 g/mol. The highest BCUT2D eigenvalue weighted by molar-refractivity contribution is 5.37. The van der Waals surface area contributed by atoms with Crippen molar-refractivity contribution in [3.05, 3.63) is 29.8 Å². The number of ether oxygens (including phenoxy) is 1. The van der Waals surface area contributed by atoms with E-state index in [0.717, 1.165) is 18.8 Å². The molecule has 2 atom stereocenters. The lowest BCUT2D eigenvalue weighted by Crippen LogP contribution is -2.36. The Hall–Kier alpha value is -1.02. The van der Waals surface area contributed by atoms with Crippen LogP contribution in [0.1, 0.15) is 64.4 Å². The second-order valence-electron chi connectivity index (χ2n) is 6.27. The number of para-hydroxylation sites is 1. The molecule has 112 valence electrons. The van der Waals surface area contributed by atoms with Gasteiger partial charge < -0.3 is 10.1 Å². The molecule has 0 bridgehead atoms. The number of hydrogen-bond acceptors (Lipinski definition) is 2. The van der Waals surface area contributed by atoms with Crippen molar-refractivity contribution in [2.75, 3.05) is 6.61 Å². The highest BCUT2D eigenvalue weighted by atomic mass is 16.5. The number of hydrogen-bond donors (Lipinski definition) is 1. The topological polar surface area (TPSA) is 21.3 Å². The van der Waals surface area contributed by atoms with Gasteiger partial charge in [-0.15, -0.1) is 0 Å². The van der Waals surface area contributed by atoms with Gasteiger partial charge >= 0.3 is 0 Å². The predicted molar refractivity (Wildman–Crippen MR) is 85.5 cm³/mol. The maximum Gasteiger partial charge on any atom is 0.122 e. The molecule has 2 nitrogen and oxygen atoms in total. The van der Waals surface area contributed by atoms with E-state index < -0.39 is 0 Å². The first kappa shape index (κ1) is 15.4. The molecule has 1 aliphatic heterocycles. The first-order valence-corrected chi connectivity index (χ1v) is 8.18. The largest absolute Gasteiger partial charge is 0.493 e. The van der Waals surface area contributed by atoms with Crippen LogP contribution in [0.4, 0.5) is 0 Å². The summed E-state index contributed by atoms with van der Waals surface area (Å²) < 4.78 is 5.78. The third kappa shape index (κ3) is 4.24. The molecule has 1 aromatic rings. The van der Waals surface area contributed by atoms with E-state index in [2.05, 4.69) is 50.4 Å². The van der Waals surface area contributed by atoms with Crippen molar-refractivity contribution in [1.29, 1.82) is 0 Å². The smallest absolute Gasteiger partial charge is 0.122 e. The molecule has 1 aliphatic rings. The fourth-order valence-electron chi connectivity index (χ4n) is 3.20. The highest BCUT2D eigenvalue weighted by Crippen LogP contribution is 2.36. The van der Waals surface area contributed by atoms with Gasteiger partial charge in [0.05, 0.1) is 6.61 Å². The third-order valence-electron chi connectivity index (χ3n) is 4.13. The summed E-state index contributed by atoms with van der Waals surface area (Å²) in [4.78, 5) is 0. The van der Waals surface area contributed by atoms with Crippen LogP contribution in [0, 0.1) is 0 Å². The van der Waals surface area contributed by atoms with Crippen LogP contribution in [0.3, 0.4) is 0 Å². The molecule has 2 heteroatoms. The Morgan fingerprint density at radius 2 is 2.10 bits per heavy atom. The zero-order chi connectivity index (χ0) is 14.4. The molecular formula is C18H29NO. The van der Waals surface area contributed by atoms with E-state index in [9.17, 15) is 0 Å². The number of rotatable bonds is 7. The zero-order valence-corrected chi connectivity index (χ0v) is 13.2. The van der Waals surface area contributed by atoms with Crippen LogP contribution in [-0.2, 0) is 0 Å². The Morgan fingerprint density at radius 1 is 1.30 bits per heavy atom. The van der Waals surface area contributed by atoms with Gasteiger partial charge in [0.15, 0.2) is 0 Å². The number of unbranched alkanes of at least 4 members (excludes halogenated alkanes) is 1. The predicted octanol–water partition coefficient (Wildman–Crippen LogP) is 4.50. The summed E-state index contributed by atoms with van der Waals surface area (Å²) >= 11 is 0. The summed E-state index contributed by atoms with van der Waals surface area (Å²) in [6, 6.07) is 9.75. The van der Waals surface area contributed by atoms with E-state index >= 15 is 0 Å². The second kappa shape index (κ2) is 7.68. The van der Waals surface area contributed by atoms with Gasteiger partial charge in [-0.3, -0.25) is 0 Å². The summed E-state index contributed by atoms with van der Waals surface area (Å²) in [5.74, 6) is 1.75. The van der Waals surface area contributed by atoms with Gasteiger partial charge in [0.2, 0.25) is 0 Å². The number of fused-ring (bicyclic) bond motifs is 1. The van der Waals surface area contributed by atoms with Gasteiger partial charge in [-0.05, 0) is 36.8 Å². The molecule has 1 heterocycles. The first-order chi connectivity index (χ1) is 9.70. The maximum atomic E-state index is 5.78. The fourth-order valence-corrected chi connectivity index (χ4v) is 3.20. The molecule has 0 saturated carbocycles. The van der Waals surface area contributed by atoms with Crippen LogP contribution < -0.4 is 10.1 Å². The Morgan fingerprint density at radius 3 is 2.85 bits per heavy atom. The standard InChI is InChI=1S/C18H29NO/c1-4-5-8-16(19-14(2)3)13-15-11-12-20-18-10-7-6-9-17(15)18/h6-7,9-10,14-16,19H,4-5,8,11-13H2,1-3H3. The maximum absolute atomic E-state index is 5.78. The van der Waals surface area contributed by atoms with Crippen LogP contribution >= 0.6 is 0 Å². The van der Waals surface area contributed by atoms with E-state index in [0.29, 0.717) is 18.0 Å². The van der Waals surface area contributed by atoms with Gasteiger partial charge in [0.25, 0.3) is 0 Å². The van der Waals surface area contributed by atoms with Crippen molar-refractivity contribution in [2.24, 2.45) is 0 Å². The third-order valence-corrected chi connectivity index (χ3v) is 4.13. The van der Waals surface area contributed by atoms with Crippen LogP contribution in [0.15, 0.2) is 24.3 Å². The van der Waals surface area contributed by atoms with Crippen molar-refractivity contribution in [1.82, 2.24) is 5.32 Å². The van der Waals surface area contributed by atoms with Crippen LogP contribution in [0.25, 0.3) is 0 Å². The van der Waals surface area contributed by atoms with E-state index in [4.69, 9.17) is 4.74 Å². The minimum atomic E-state index is 0.562. The van der Waals surface area contributed by atoms with Crippen molar-refractivity contribution < 1.29 is 4.74 Å². The van der Waals surface area contributed by atoms with Gasteiger partial charge in [-0.25, -0.2) is 0 Å². The molecular weight excluding hydrogens is 246 g/mol. The van der Waals surface area contributed by atoms with Crippen molar-refractivity contribution in [3.8, 4) is 5.75 Å². The molecule has 0 spiro atoms. The quantitative estimate of drug-likeness (QED) is 0.791. The fraction of sp³-hybridized carbons (Fsp3) is 0.667. The molecule has 0 aliphatic carbocycles. The number of nitrogens with one attached hydrogen (secondary N) is 1. The summed E-state index contributed by atoms with van der Waals surface area (Å²) in [7, 11) is 0. The number of benzene rings is 1. The Balaban J connectivity index is 2.03. The monoisotopic (exact) mass is 275 g/mol. The Kier molecular flexibility index (Phi) is 5.90. The van der Waals surface area contributed by atoms with Gasteiger partial charge in [0, 0.05) is 12.1 Å². The SMILES string of the molecule is CCCCC(CC1CCOc2ccccc21)NC(C)C. The summed E-state index contributed by atoms with van der Waals surface area (Å²) in [6.45, 7) is 7.63. The van der Waals surface area contributed by atoms with E-state index in [1.807, 2.05) is 0 Å². The lowest BCUT2D eigenvalue weighted by molar-refractivity contribution is 0.250. The summed E-state index contributed by atoms with van der Waals surface area (Å²) in [6.07, 6.45) is 6.27. The lowest BCUT2D eigenvalue weighted by atomic mass is 9.86. The minimum Gasteiger partial charge on any atom is -0.493 e. The van der Waals surface area contributed by atoms with Crippen molar-refractivity contribution >= 4 is 0 Å². The van der Waals surface area contributed by atoms with Crippen molar-refractivity contribution in [3.63, 3.8) is 0 Å². The molecule has 20 heavy (non-hydrogen) atoms. The molecule has 1 aromatic carbocycles. The normalized spacial score (nSPS) is 19.5. The van der Waals surface area contributed by atoms with E-state index in [-0.39, 0.29) is 0 Å². The Labute approximate surface area is 123 Å². The van der Waals surface area contributed by atoms with Gasteiger partial charge in [-0.2, -0.15) is 0 Å². The molecule has 0 aromatic heterocycles.